The zero-order valence-electron chi connectivity index (χ0n) is 25.1. The van der Waals surface area contributed by atoms with E-state index in [0.717, 1.165) is 41.6 Å². The van der Waals surface area contributed by atoms with E-state index >= 15 is 0 Å². The Hall–Kier alpha value is -3.63. The number of hydrogen-bond acceptors (Lipinski definition) is 8. The van der Waals surface area contributed by atoms with Crippen molar-refractivity contribution in [2.45, 2.75) is 83.3 Å². The SMILES string of the molecule is CC(C)(C)OC(=O)[C@@H]1CCCN1C[C@H]1C[C@@H](c2ccc(CO)cc2)O[C@@H](c2ccc(CNC(=O)c3cccnc3)cc2)O1. The van der Waals surface area contributed by atoms with Crippen molar-refractivity contribution >= 4 is 11.9 Å². The lowest BCUT2D eigenvalue weighted by Crippen LogP contribution is -2.45. The fourth-order valence-corrected chi connectivity index (χ4v) is 5.55. The number of rotatable bonds is 9. The maximum absolute atomic E-state index is 13.0. The second-order valence-corrected chi connectivity index (χ2v) is 12.2. The first-order chi connectivity index (χ1) is 20.7. The van der Waals surface area contributed by atoms with Gasteiger partial charge in [-0.3, -0.25) is 19.5 Å². The Kier molecular flexibility index (Phi) is 9.87. The fraction of sp³-hybridized carbons (Fsp3) is 0.441. The minimum atomic E-state index is -0.608. The molecule has 9 heteroatoms. The summed E-state index contributed by atoms with van der Waals surface area (Å²) in [6.45, 7) is 7.44. The molecule has 2 fully saturated rings. The van der Waals surface area contributed by atoms with Gasteiger partial charge in [0.05, 0.1) is 24.4 Å². The number of pyridine rings is 1. The third-order valence-corrected chi connectivity index (χ3v) is 7.72. The Morgan fingerprint density at radius 2 is 1.74 bits per heavy atom. The molecule has 3 heterocycles. The number of esters is 1. The molecule has 2 aromatic carbocycles. The van der Waals surface area contributed by atoms with Gasteiger partial charge in [0.25, 0.3) is 5.91 Å². The normalized spacial score (nSPS) is 22.7. The highest BCUT2D eigenvalue weighted by atomic mass is 16.7. The molecule has 1 amide bonds. The molecule has 9 nitrogen and oxygen atoms in total. The maximum atomic E-state index is 13.0. The lowest BCUT2D eigenvalue weighted by Gasteiger charge is -2.38. The zero-order chi connectivity index (χ0) is 30.4. The smallest absolute Gasteiger partial charge is 0.323 e. The molecule has 43 heavy (non-hydrogen) atoms. The summed E-state index contributed by atoms with van der Waals surface area (Å²) >= 11 is 0. The van der Waals surface area contributed by atoms with E-state index in [4.69, 9.17) is 14.2 Å². The van der Waals surface area contributed by atoms with Gasteiger partial charge in [0, 0.05) is 37.5 Å². The van der Waals surface area contributed by atoms with Crippen molar-refractivity contribution in [2.75, 3.05) is 13.1 Å². The topological polar surface area (TPSA) is 110 Å². The Labute approximate surface area is 253 Å². The number of benzene rings is 2. The first kappa shape index (κ1) is 30.8. The molecule has 0 saturated carbocycles. The van der Waals surface area contributed by atoms with Crippen LogP contribution in [0.3, 0.4) is 0 Å². The minimum absolute atomic E-state index is 0.0176. The summed E-state index contributed by atoms with van der Waals surface area (Å²) in [4.78, 5) is 31.6. The van der Waals surface area contributed by atoms with E-state index in [9.17, 15) is 14.7 Å². The summed E-state index contributed by atoms with van der Waals surface area (Å²) in [5.41, 5.74) is 3.64. The van der Waals surface area contributed by atoms with E-state index in [2.05, 4.69) is 15.2 Å². The molecule has 0 aliphatic carbocycles. The number of nitrogens with zero attached hydrogens (tertiary/aromatic N) is 2. The molecule has 2 saturated heterocycles. The van der Waals surface area contributed by atoms with Crippen molar-refractivity contribution in [3.05, 3.63) is 101 Å². The first-order valence-corrected chi connectivity index (χ1v) is 14.9. The molecule has 0 unspecified atom stereocenters. The first-order valence-electron chi connectivity index (χ1n) is 14.9. The average Bonchev–Trinajstić information content (AvgIpc) is 3.48. The average molecular weight is 588 g/mol. The van der Waals surface area contributed by atoms with Gasteiger partial charge in [0.2, 0.25) is 0 Å². The second-order valence-electron chi connectivity index (χ2n) is 12.2. The zero-order valence-corrected chi connectivity index (χ0v) is 25.1. The maximum Gasteiger partial charge on any atom is 0.323 e. The van der Waals surface area contributed by atoms with E-state index in [1.165, 1.54) is 6.20 Å². The molecule has 5 rings (SSSR count). The molecule has 2 aliphatic heterocycles. The number of carbonyl (C=O) groups excluding carboxylic acids is 2. The molecule has 3 aromatic rings. The number of ether oxygens (including phenoxy) is 3. The van der Waals surface area contributed by atoms with Crippen LogP contribution in [-0.2, 0) is 32.2 Å². The summed E-state index contributed by atoms with van der Waals surface area (Å²) in [7, 11) is 0. The number of aromatic nitrogens is 1. The van der Waals surface area contributed by atoms with E-state index in [1.807, 2.05) is 69.3 Å². The highest BCUT2D eigenvalue weighted by molar-refractivity contribution is 5.93. The van der Waals surface area contributed by atoms with Crippen molar-refractivity contribution in [1.29, 1.82) is 0 Å². The molecule has 1 aromatic heterocycles. The predicted molar refractivity (Wildman–Crippen MR) is 161 cm³/mol. The quantitative estimate of drug-likeness (QED) is 0.342. The monoisotopic (exact) mass is 587 g/mol. The predicted octanol–water partition coefficient (Wildman–Crippen LogP) is 4.86. The largest absolute Gasteiger partial charge is 0.459 e. The van der Waals surface area contributed by atoms with Gasteiger partial charge in [-0.25, -0.2) is 0 Å². The fourth-order valence-electron chi connectivity index (χ4n) is 5.55. The van der Waals surface area contributed by atoms with Crippen molar-refractivity contribution < 1.29 is 28.9 Å². The van der Waals surface area contributed by atoms with E-state index < -0.39 is 11.9 Å². The number of aliphatic hydroxyl groups is 1. The van der Waals surface area contributed by atoms with Crippen molar-refractivity contribution in [3.8, 4) is 0 Å². The second kappa shape index (κ2) is 13.8. The van der Waals surface area contributed by atoms with Crippen molar-refractivity contribution in [3.63, 3.8) is 0 Å². The van der Waals surface area contributed by atoms with E-state index in [0.29, 0.717) is 25.1 Å². The molecule has 4 atom stereocenters. The van der Waals surface area contributed by atoms with Crippen LogP contribution >= 0.6 is 0 Å². The Morgan fingerprint density at radius 1 is 1.02 bits per heavy atom. The lowest BCUT2D eigenvalue weighted by molar-refractivity contribution is -0.253. The van der Waals surface area contributed by atoms with Crippen LogP contribution in [0.2, 0.25) is 0 Å². The summed E-state index contributed by atoms with van der Waals surface area (Å²) < 4.78 is 18.7. The van der Waals surface area contributed by atoms with Gasteiger partial charge < -0.3 is 24.6 Å². The standard InChI is InChI=1S/C34H41N3O6/c1-34(2,3)43-32(40)29-7-5-17-37(29)21-28-18-30(25-12-10-24(22-38)11-13-25)42-33(41-28)26-14-8-23(9-15-26)19-36-31(39)27-6-4-16-35-20-27/h4,6,8-16,20,28-30,33,38H,5,7,17-19,21-22H2,1-3H3,(H,36,39)/t28-,29+,30+,33+/m1/s1. The number of aliphatic hydroxyl groups excluding tert-OH is 1. The van der Waals surface area contributed by atoms with Gasteiger partial charge in [-0.15, -0.1) is 0 Å². The minimum Gasteiger partial charge on any atom is -0.459 e. The van der Waals surface area contributed by atoms with Crippen LogP contribution < -0.4 is 5.32 Å². The molecule has 0 bridgehead atoms. The number of amides is 1. The van der Waals surface area contributed by atoms with Crippen molar-refractivity contribution in [1.82, 2.24) is 15.2 Å². The third kappa shape index (κ3) is 8.26. The van der Waals surface area contributed by atoms with Crippen LogP contribution in [0, 0.1) is 0 Å². The van der Waals surface area contributed by atoms with Gasteiger partial charge in [-0.1, -0.05) is 48.5 Å². The van der Waals surface area contributed by atoms with Crippen LogP contribution in [0.1, 0.15) is 85.0 Å². The molecular formula is C34H41N3O6. The Balaban J connectivity index is 1.29. The van der Waals surface area contributed by atoms with Gasteiger partial charge in [0.1, 0.15) is 11.6 Å². The van der Waals surface area contributed by atoms with Crippen LogP contribution in [0.25, 0.3) is 0 Å². The molecule has 0 spiro atoms. The van der Waals surface area contributed by atoms with E-state index in [-0.39, 0.29) is 36.7 Å². The molecule has 228 valence electrons. The number of likely N-dealkylation sites (tertiary alicyclic amines) is 1. The molecule has 2 aliphatic rings. The number of carbonyl (C=O) groups is 2. The molecule has 2 N–H and O–H groups in total. The Morgan fingerprint density at radius 3 is 2.42 bits per heavy atom. The highest BCUT2D eigenvalue weighted by Gasteiger charge is 2.38. The Bertz CT molecular complexity index is 1360. The molecular weight excluding hydrogens is 546 g/mol. The van der Waals surface area contributed by atoms with Crippen LogP contribution in [0.4, 0.5) is 0 Å². The summed E-state index contributed by atoms with van der Waals surface area (Å²) in [6.07, 6.45) is 4.49. The van der Waals surface area contributed by atoms with Crippen molar-refractivity contribution in [2.24, 2.45) is 0 Å². The number of nitrogens with one attached hydrogen (secondary N) is 1. The number of hydrogen-bond donors (Lipinski definition) is 2. The van der Waals surface area contributed by atoms with Crippen LogP contribution in [-0.4, -0.2) is 57.7 Å². The van der Waals surface area contributed by atoms with Gasteiger partial charge in [-0.2, -0.15) is 0 Å². The summed E-state index contributed by atoms with van der Waals surface area (Å²) in [5, 5.41) is 12.4. The van der Waals surface area contributed by atoms with Crippen LogP contribution in [0.5, 0.6) is 0 Å². The van der Waals surface area contributed by atoms with E-state index in [1.54, 1.807) is 18.3 Å². The summed E-state index contributed by atoms with van der Waals surface area (Å²) in [5.74, 6) is -0.364. The summed E-state index contributed by atoms with van der Waals surface area (Å²) in [6, 6.07) is 18.8. The van der Waals surface area contributed by atoms with Gasteiger partial charge in [0.15, 0.2) is 6.29 Å². The van der Waals surface area contributed by atoms with Gasteiger partial charge in [-0.05, 0) is 69.0 Å². The highest BCUT2D eigenvalue weighted by Crippen LogP contribution is 2.39. The third-order valence-electron chi connectivity index (χ3n) is 7.72. The lowest BCUT2D eigenvalue weighted by atomic mass is 9.99. The van der Waals surface area contributed by atoms with Gasteiger partial charge >= 0.3 is 5.97 Å². The van der Waals surface area contributed by atoms with Crippen LogP contribution in [0.15, 0.2) is 73.1 Å². The molecule has 0 radical (unpaired) electrons.